The maximum Gasteiger partial charge on any atom is 0.404 e. The largest absolute Gasteiger partial charge is 0.445 e. The highest BCUT2D eigenvalue weighted by molar-refractivity contribution is 5.64. The molecule has 0 aromatic heterocycles. The average molecular weight is 158 g/mol. The van der Waals surface area contributed by atoms with E-state index >= 15 is 0 Å². The zero-order chi connectivity index (χ0) is 8.27. The molecule has 1 aliphatic heterocycles. The quantitative estimate of drug-likeness (QED) is 0.592. The van der Waals surface area contributed by atoms with E-state index in [1.807, 2.05) is 7.05 Å². The van der Waals surface area contributed by atoms with E-state index in [0.29, 0.717) is 0 Å². The molecule has 1 rings (SSSR count). The van der Waals surface area contributed by atoms with Gasteiger partial charge in [-0.25, -0.2) is 4.79 Å². The first kappa shape index (κ1) is 8.33. The van der Waals surface area contributed by atoms with Crippen LogP contribution in [-0.2, 0) is 4.74 Å². The van der Waals surface area contributed by atoms with Crippen LogP contribution in [0.5, 0.6) is 0 Å². The second-order valence-electron chi connectivity index (χ2n) is 2.96. The lowest BCUT2D eigenvalue weighted by Gasteiger charge is -2.28. The summed E-state index contributed by atoms with van der Waals surface area (Å²) in [5, 5.41) is 0. The van der Waals surface area contributed by atoms with Gasteiger partial charge in [-0.3, -0.25) is 0 Å². The molecule has 1 atom stereocenters. The lowest BCUT2D eigenvalue weighted by atomic mass is 10.1. The van der Waals surface area contributed by atoms with Crippen LogP contribution in [0.3, 0.4) is 0 Å². The molecule has 4 nitrogen and oxygen atoms in total. The Labute approximate surface area is 66.3 Å². The average Bonchev–Trinajstić information content (AvgIpc) is 1.85. The van der Waals surface area contributed by atoms with Crippen molar-refractivity contribution >= 4 is 6.09 Å². The van der Waals surface area contributed by atoms with Gasteiger partial charge < -0.3 is 15.4 Å². The van der Waals surface area contributed by atoms with E-state index in [1.54, 1.807) is 0 Å². The second kappa shape index (κ2) is 3.57. The summed E-state index contributed by atoms with van der Waals surface area (Å²) in [6.07, 6.45) is 1.36. The molecule has 1 amide bonds. The number of carbonyl (C=O) groups excluding carboxylic acids is 1. The van der Waals surface area contributed by atoms with Gasteiger partial charge in [0.15, 0.2) is 0 Å². The van der Waals surface area contributed by atoms with Crippen LogP contribution >= 0.6 is 0 Å². The van der Waals surface area contributed by atoms with Crippen LogP contribution in [0.25, 0.3) is 0 Å². The van der Waals surface area contributed by atoms with Gasteiger partial charge in [0.25, 0.3) is 0 Å². The summed E-state index contributed by atoms with van der Waals surface area (Å²) in [6, 6.07) is 0. The van der Waals surface area contributed by atoms with Crippen molar-refractivity contribution in [2.24, 2.45) is 5.73 Å². The van der Waals surface area contributed by atoms with Crippen LogP contribution in [0.15, 0.2) is 0 Å². The van der Waals surface area contributed by atoms with Crippen LogP contribution in [0.1, 0.15) is 12.8 Å². The summed E-state index contributed by atoms with van der Waals surface area (Å²) in [5.41, 5.74) is 4.89. The van der Waals surface area contributed by atoms with Crippen LogP contribution in [-0.4, -0.2) is 37.2 Å². The molecule has 0 aromatic rings. The summed E-state index contributed by atoms with van der Waals surface area (Å²) in [5.74, 6) is 0. The molecular weight excluding hydrogens is 144 g/mol. The minimum Gasteiger partial charge on any atom is -0.445 e. The van der Waals surface area contributed by atoms with Crippen molar-refractivity contribution < 1.29 is 9.53 Å². The zero-order valence-corrected chi connectivity index (χ0v) is 6.75. The van der Waals surface area contributed by atoms with Crippen LogP contribution < -0.4 is 5.73 Å². The number of hydrogen-bond acceptors (Lipinski definition) is 3. The molecule has 0 aliphatic carbocycles. The highest BCUT2D eigenvalue weighted by Gasteiger charge is 2.19. The van der Waals surface area contributed by atoms with E-state index < -0.39 is 6.09 Å². The van der Waals surface area contributed by atoms with Crippen molar-refractivity contribution in [2.75, 3.05) is 20.1 Å². The number of carbonyl (C=O) groups is 1. The topological polar surface area (TPSA) is 55.6 Å². The number of amides is 1. The van der Waals surface area contributed by atoms with Gasteiger partial charge in [-0.2, -0.15) is 0 Å². The maximum atomic E-state index is 10.4. The standard InChI is InChI=1S/C7H14N2O2/c1-9-4-2-3-6(5-9)11-7(8)10/h6H,2-5H2,1H3,(H2,8,10)/t6-/m0/s1. The Morgan fingerprint density at radius 1 is 1.73 bits per heavy atom. The minimum absolute atomic E-state index is 0.00579. The third kappa shape index (κ3) is 2.76. The molecule has 64 valence electrons. The fourth-order valence-electron chi connectivity index (χ4n) is 1.38. The van der Waals surface area contributed by atoms with Gasteiger partial charge in [-0.05, 0) is 26.4 Å². The van der Waals surface area contributed by atoms with Gasteiger partial charge in [-0.1, -0.05) is 0 Å². The molecular formula is C7H14N2O2. The molecule has 0 bridgehead atoms. The predicted octanol–water partition coefficient (Wildman–Crippen LogP) is 0.176. The van der Waals surface area contributed by atoms with Gasteiger partial charge in [-0.15, -0.1) is 0 Å². The third-order valence-electron chi connectivity index (χ3n) is 1.86. The van der Waals surface area contributed by atoms with E-state index in [4.69, 9.17) is 10.5 Å². The van der Waals surface area contributed by atoms with Gasteiger partial charge in [0.1, 0.15) is 6.10 Å². The number of rotatable bonds is 1. The number of likely N-dealkylation sites (N-methyl/N-ethyl adjacent to an activating group) is 1. The fraction of sp³-hybridized carbons (Fsp3) is 0.857. The van der Waals surface area contributed by atoms with Crippen molar-refractivity contribution in [3.05, 3.63) is 0 Å². The Hall–Kier alpha value is -0.770. The Morgan fingerprint density at radius 3 is 3.00 bits per heavy atom. The summed E-state index contributed by atoms with van der Waals surface area (Å²) in [6.45, 7) is 1.89. The van der Waals surface area contributed by atoms with Crippen molar-refractivity contribution in [1.29, 1.82) is 0 Å². The van der Waals surface area contributed by atoms with E-state index in [1.165, 1.54) is 0 Å². The Balaban J connectivity index is 2.28. The smallest absolute Gasteiger partial charge is 0.404 e. The number of ether oxygens (including phenoxy) is 1. The Kier molecular flexibility index (Phi) is 2.70. The summed E-state index contributed by atoms with van der Waals surface area (Å²) in [4.78, 5) is 12.5. The molecule has 4 heteroatoms. The fourth-order valence-corrected chi connectivity index (χ4v) is 1.38. The second-order valence-corrected chi connectivity index (χ2v) is 2.96. The van der Waals surface area contributed by atoms with Crippen molar-refractivity contribution in [3.8, 4) is 0 Å². The molecule has 1 saturated heterocycles. The minimum atomic E-state index is -0.662. The van der Waals surface area contributed by atoms with Gasteiger partial charge in [0.05, 0.1) is 0 Å². The van der Waals surface area contributed by atoms with Gasteiger partial charge in [0.2, 0.25) is 0 Å². The number of piperidine rings is 1. The SMILES string of the molecule is CN1CCC[C@H](OC(N)=O)C1. The monoisotopic (exact) mass is 158 g/mol. The third-order valence-corrected chi connectivity index (χ3v) is 1.86. The lowest BCUT2D eigenvalue weighted by Crippen LogP contribution is -2.39. The maximum absolute atomic E-state index is 10.4. The predicted molar refractivity (Wildman–Crippen MR) is 41.2 cm³/mol. The molecule has 2 N–H and O–H groups in total. The number of nitrogens with two attached hydrogens (primary N) is 1. The number of hydrogen-bond donors (Lipinski definition) is 1. The molecule has 0 radical (unpaired) electrons. The van der Waals surface area contributed by atoms with Crippen molar-refractivity contribution in [2.45, 2.75) is 18.9 Å². The van der Waals surface area contributed by atoms with Crippen molar-refractivity contribution in [3.63, 3.8) is 0 Å². The summed E-state index contributed by atoms with van der Waals surface area (Å²) in [7, 11) is 2.01. The van der Waals surface area contributed by atoms with Crippen LogP contribution in [0.4, 0.5) is 4.79 Å². The van der Waals surface area contributed by atoms with Crippen LogP contribution in [0, 0.1) is 0 Å². The highest BCUT2D eigenvalue weighted by atomic mass is 16.6. The first-order valence-corrected chi connectivity index (χ1v) is 3.83. The number of likely N-dealkylation sites (tertiary alicyclic amines) is 1. The Morgan fingerprint density at radius 2 is 2.45 bits per heavy atom. The lowest BCUT2D eigenvalue weighted by molar-refractivity contribution is 0.0565. The molecule has 1 heterocycles. The molecule has 0 spiro atoms. The molecule has 0 unspecified atom stereocenters. The highest BCUT2D eigenvalue weighted by Crippen LogP contribution is 2.10. The zero-order valence-electron chi connectivity index (χ0n) is 6.75. The van der Waals surface area contributed by atoms with Gasteiger partial charge in [0, 0.05) is 6.54 Å². The number of primary amides is 1. The Bertz CT molecular complexity index is 149. The van der Waals surface area contributed by atoms with E-state index in [2.05, 4.69) is 4.90 Å². The summed E-state index contributed by atoms with van der Waals surface area (Å²) >= 11 is 0. The van der Waals surface area contributed by atoms with Crippen LogP contribution in [0.2, 0.25) is 0 Å². The molecule has 0 saturated carbocycles. The molecule has 11 heavy (non-hydrogen) atoms. The first-order chi connectivity index (χ1) is 5.18. The van der Waals surface area contributed by atoms with E-state index in [-0.39, 0.29) is 6.10 Å². The normalized spacial score (nSPS) is 26.5. The van der Waals surface area contributed by atoms with E-state index in [0.717, 1.165) is 25.9 Å². The molecule has 0 aromatic carbocycles. The van der Waals surface area contributed by atoms with Gasteiger partial charge >= 0.3 is 6.09 Å². The molecule has 1 fully saturated rings. The van der Waals surface area contributed by atoms with Crippen molar-refractivity contribution in [1.82, 2.24) is 4.90 Å². The molecule has 1 aliphatic rings. The van der Waals surface area contributed by atoms with E-state index in [9.17, 15) is 4.79 Å². The first-order valence-electron chi connectivity index (χ1n) is 3.83. The summed E-state index contributed by atoms with van der Waals surface area (Å²) < 4.78 is 4.86. The number of nitrogens with zero attached hydrogens (tertiary/aromatic N) is 1.